The predicted molar refractivity (Wildman–Crippen MR) is 83.9 cm³/mol. The lowest BCUT2D eigenvalue weighted by molar-refractivity contribution is -0.131. The maximum Gasteiger partial charge on any atom is 0.126 e. The molecule has 1 N–H and O–H groups in total. The second-order valence-electron chi connectivity index (χ2n) is 7.04. The number of hydrogen-bond donors (Lipinski definition) is 1. The standard InChI is InChI=1S/C18H25F2NO2/c1-13-11-21(12-14-8-16(19)10-17(20)9-14)5-4-18(13,22)15-2-6-23-7-3-15/h8-10,13,15,22H,2-7,11-12H2,1H3/t13-,18+/m1/s1. The molecule has 0 aliphatic carbocycles. The zero-order valence-electron chi connectivity index (χ0n) is 13.6. The van der Waals surface area contributed by atoms with Gasteiger partial charge in [-0.15, -0.1) is 0 Å². The molecule has 0 saturated carbocycles. The van der Waals surface area contributed by atoms with E-state index in [1.54, 1.807) is 0 Å². The highest BCUT2D eigenvalue weighted by Gasteiger charge is 2.45. The monoisotopic (exact) mass is 325 g/mol. The molecule has 3 nitrogen and oxygen atoms in total. The smallest absolute Gasteiger partial charge is 0.126 e. The second kappa shape index (κ2) is 6.83. The van der Waals surface area contributed by atoms with Gasteiger partial charge in [0.2, 0.25) is 0 Å². The first-order chi connectivity index (χ1) is 11.0. The molecule has 23 heavy (non-hydrogen) atoms. The van der Waals surface area contributed by atoms with Gasteiger partial charge < -0.3 is 9.84 Å². The average molecular weight is 325 g/mol. The van der Waals surface area contributed by atoms with Gasteiger partial charge in [0.05, 0.1) is 5.60 Å². The Balaban J connectivity index is 1.63. The van der Waals surface area contributed by atoms with E-state index in [4.69, 9.17) is 4.74 Å². The van der Waals surface area contributed by atoms with Crippen molar-refractivity contribution in [3.63, 3.8) is 0 Å². The Morgan fingerprint density at radius 1 is 1.22 bits per heavy atom. The van der Waals surface area contributed by atoms with Crippen LogP contribution in [-0.4, -0.2) is 41.9 Å². The zero-order chi connectivity index (χ0) is 16.4. The molecule has 1 aromatic carbocycles. The highest BCUT2D eigenvalue weighted by Crippen LogP contribution is 2.39. The van der Waals surface area contributed by atoms with Gasteiger partial charge in [0.1, 0.15) is 11.6 Å². The van der Waals surface area contributed by atoms with Crippen molar-refractivity contribution in [3.05, 3.63) is 35.4 Å². The normalized spacial score (nSPS) is 30.5. The summed E-state index contributed by atoms with van der Waals surface area (Å²) in [7, 11) is 0. The Labute approximate surface area is 136 Å². The van der Waals surface area contributed by atoms with Crippen molar-refractivity contribution in [3.8, 4) is 0 Å². The minimum absolute atomic E-state index is 0.137. The summed E-state index contributed by atoms with van der Waals surface area (Å²) in [6, 6.07) is 3.66. The fourth-order valence-electron chi connectivity index (χ4n) is 4.13. The largest absolute Gasteiger partial charge is 0.389 e. The van der Waals surface area contributed by atoms with Crippen LogP contribution >= 0.6 is 0 Å². The van der Waals surface area contributed by atoms with E-state index in [2.05, 4.69) is 11.8 Å². The molecule has 2 heterocycles. The molecule has 0 spiro atoms. The third-order valence-corrected chi connectivity index (χ3v) is 5.47. The number of ether oxygens (including phenoxy) is 1. The van der Waals surface area contributed by atoms with Crippen LogP contribution in [0.2, 0.25) is 0 Å². The van der Waals surface area contributed by atoms with E-state index in [-0.39, 0.29) is 5.92 Å². The van der Waals surface area contributed by atoms with E-state index in [1.165, 1.54) is 12.1 Å². The highest BCUT2D eigenvalue weighted by molar-refractivity contribution is 5.18. The van der Waals surface area contributed by atoms with Crippen molar-refractivity contribution in [2.24, 2.45) is 11.8 Å². The van der Waals surface area contributed by atoms with Crippen LogP contribution in [-0.2, 0) is 11.3 Å². The number of benzene rings is 1. The average Bonchev–Trinajstić information content (AvgIpc) is 2.51. The molecule has 0 bridgehead atoms. The molecule has 5 heteroatoms. The quantitative estimate of drug-likeness (QED) is 0.927. The Morgan fingerprint density at radius 3 is 2.48 bits per heavy atom. The number of aliphatic hydroxyl groups is 1. The zero-order valence-corrected chi connectivity index (χ0v) is 13.6. The molecule has 2 atom stereocenters. The van der Waals surface area contributed by atoms with Gasteiger partial charge in [0.25, 0.3) is 0 Å². The molecule has 128 valence electrons. The van der Waals surface area contributed by atoms with Crippen molar-refractivity contribution < 1.29 is 18.6 Å². The Hall–Kier alpha value is -1.04. The SMILES string of the molecule is C[C@@H]1CN(Cc2cc(F)cc(F)c2)CC[C@@]1(O)C1CCOCC1. The van der Waals surface area contributed by atoms with E-state index in [1.807, 2.05) is 0 Å². The number of nitrogens with zero attached hydrogens (tertiary/aromatic N) is 1. The van der Waals surface area contributed by atoms with Gasteiger partial charge in [-0.1, -0.05) is 6.92 Å². The number of hydrogen-bond acceptors (Lipinski definition) is 3. The summed E-state index contributed by atoms with van der Waals surface area (Å²) >= 11 is 0. The van der Waals surface area contributed by atoms with Crippen molar-refractivity contribution in [2.45, 2.75) is 38.3 Å². The van der Waals surface area contributed by atoms with Gasteiger partial charge in [0, 0.05) is 38.9 Å². The molecule has 2 aliphatic heterocycles. The van der Waals surface area contributed by atoms with Gasteiger partial charge in [-0.25, -0.2) is 8.78 Å². The summed E-state index contributed by atoms with van der Waals surface area (Å²) in [4.78, 5) is 2.17. The molecule has 0 radical (unpaired) electrons. The van der Waals surface area contributed by atoms with E-state index < -0.39 is 17.2 Å². The minimum Gasteiger partial charge on any atom is -0.389 e. The van der Waals surface area contributed by atoms with Gasteiger partial charge in [-0.2, -0.15) is 0 Å². The van der Waals surface area contributed by atoms with Crippen LogP contribution < -0.4 is 0 Å². The van der Waals surface area contributed by atoms with E-state index >= 15 is 0 Å². The highest BCUT2D eigenvalue weighted by atomic mass is 19.1. The van der Waals surface area contributed by atoms with Crippen LogP contribution in [0.4, 0.5) is 8.78 Å². The summed E-state index contributed by atoms with van der Waals surface area (Å²) < 4.78 is 32.0. The van der Waals surface area contributed by atoms with Gasteiger partial charge >= 0.3 is 0 Å². The van der Waals surface area contributed by atoms with Gasteiger partial charge in [-0.3, -0.25) is 4.90 Å². The maximum atomic E-state index is 13.3. The van der Waals surface area contributed by atoms with Crippen LogP contribution in [0.15, 0.2) is 18.2 Å². The Morgan fingerprint density at radius 2 is 1.87 bits per heavy atom. The summed E-state index contributed by atoms with van der Waals surface area (Å²) in [5.74, 6) is -0.648. The number of halogens is 2. The van der Waals surface area contributed by atoms with Gasteiger partial charge in [0.15, 0.2) is 0 Å². The molecule has 2 aliphatic rings. The van der Waals surface area contributed by atoms with Crippen LogP contribution in [0.1, 0.15) is 31.7 Å². The van der Waals surface area contributed by atoms with E-state index in [0.717, 1.165) is 45.2 Å². The van der Waals surface area contributed by atoms with Crippen LogP contribution in [0.25, 0.3) is 0 Å². The second-order valence-corrected chi connectivity index (χ2v) is 7.04. The first kappa shape index (κ1) is 16.8. The number of rotatable bonds is 3. The molecule has 0 amide bonds. The van der Waals surface area contributed by atoms with Crippen LogP contribution in [0.5, 0.6) is 0 Å². The van der Waals surface area contributed by atoms with Crippen molar-refractivity contribution in [1.82, 2.24) is 4.90 Å². The summed E-state index contributed by atoms with van der Waals surface area (Å²) in [6.07, 6.45) is 2.53. The molecule has 3 rings (SSSR count). The lowest BCUT2D eigenvalue weighted by Gasteiger charge is -2.48. The lowest BCUT2D eigenvalue weighted by Crippen LogP contribution is -2.55. The molecule has 0 unspecified atom stereocenters. The third kappa shape index (κ3) is 3.73. The topological polar surface area (TPSA) is 32.7 Å². The fraction of sp³-hybridized carbons (Fsp3) is 0.667. The molecular weight excluding hydrogens is 300 g/mol. The minimum atomic E-state index is -0.645. The first-order valence-electron chi connectivity index (χ1n) is 8.45. The first-order valence-corrected chi connectivity index (χ1v) is 8.45. The third-order valence-electron chi connectivity index (χ3n) is 5.47. The summed E-state index contributed by atoms with van der Waals surface area (Å²) in [5.41, 5.74) is -0.000734. The van der Waals surface area contributed by atoms with Crippen LogP contribution in [0, 0.1) is 23.5 Å². The summed E-state index contributed by atoms with van der Waals surface area (Å²) in [5, 5.41) is 11.1. The maximum absolute atomic E-state index is 13.3. The van der Waals surface area contributed by atoms with E-state index in [9.17, 15) is 13.9 Å². The number of piperidine rings is 1. The molecule has 1 aromatic rings. The Kier molecular flexibility index (Phi) is 4.99. The van der Waals surface area contributed by atoms with Gasteiger partial charge in [-0.05, 0) is 48.8 Å². The molecule has 2 fully saturated rings. The molecular formula is C18H25F2NO2. The molecule has 2 saturated heterocycles. The lowest BCUT2D eigenvalue weighted by atomic mass is 9.70. The number of likely N-dealkylation sites (tertiary alicyclic amines) is 1. The Bertz CT molecular complexity index is 528. The fourth-order valence-corrected chi connectivity index (χ4v) is 4.13. The van der Waals surface area contributed by atoms with Crippen LogP contribution in [0.3, 0.4) is 0 Å². The van der Waals surface area contributed by atoms with Crippen molar-refractivity contribution in [1.29, 1.82) is 0 Å². The van der Waals surface area contributed by atoms with Crippen molar-refractivity contribution in [2.75, 3.05) is 26.3 Å². The summed E-state index contributed by atoms with van der Waals surface area (Å²) in [6.45, 7) is 5.54. The molecule has 0 aromatic heterocycles. The van der Waals surface area contributed by atoms with E-state index in [0.29, 0.717) is 24.4 Å². The predicted octanol–water partition coefficient (Wildman–Crippen LogP) is 2.96. The van der Waals surface area contributed by atoms with Crippen molar-refractivity contribution >= 4 is 0 Å².